The minimum absolute atomic E-state index is 0.195. The Labute approximate surface area is 202 Å². The summed E-state index contributed by atoms with van der Waals surface area (Å²) in [5.74, 6) is 0. The lowest BCUT2D eigenvalue weighted by Gasteiger charge is -2.31. The molecule has 0 N–H and O–H groups in total. The fraction of sp³-hybridized carbons (Fsp3) is 0.250. The normalized spacial score (nSPS) is 15.5. The van der Waals surface area contributed by atoms with E-state index in [9.17, 15) is 8.42 Å². The molecule has 0 spiro atoms. The maximum Gasteiger partial charge on any atom is 0.185 e. The van der Waals surface area contributed by atoms with Crippen molar-refractivity contribution >= 4 is 77.0 Å². The molecule has 0 unspecified atom stereocenters. The van der Waals surface area contributed by atoms with Crippen LogP contribution in [0.1, 0.15) is 12.8 Å². The number of thiazole rings is 1. The predicted molar refractivity (Wildman–Crippen MR) is 129 cm³/mol. The van der Waals surface area contributed by atoms with Gasteiger partial charge in [-0.1, -0.05) is 50.7 Å². The average Bonchev–Trinajstić information content (AvgIpc) is 3.17. The lowest BCUT2D eigenvalue weighted by molar-refractivity contribution is 0.529. The van der Waals surface area contributed by atoms with Crippen molar-refractivity contribution in [1.82, 2.24) is 4.98 Å². The van der Waals surface area contributed by atoms with Crippen molar-refractivity contribution < 1.29 is 8.42 Å². The van der Waals surface area contributed by atoms with Gasteiger partial charge < -0.3 is 4.90 Å². The molecule has 30 heavy (non-hydrogen) atoms. The summed E-state index contributed by atoms with van der Waals surface area (Å²) in [5, 5.41) is 3.73. The molecule has 0 bridgehead atoms. The van der Waals surface area contributed by atoms with Crippen LogP contribution in [0.15, 0.2) is 51.1 Å². The van der Waals surface area contributed by atoms with Crippen LogP contribution in [-0.2, 0) is 9.84 Å². The van der Waals surface area contributed by atoms with E-state index < -0.39 is 15.1 Å². The molecule has 10 heteroatoms. The molecule has 0 radical (unpaired) electrons. The van der Waals surface area contributed by atoms with E-state index in [1.54, 1.807) is 24.3 Å². The van der Waals surface area contributed by atoms with Gasteiger partial charge in [0, 0.05) is 38.6 Å². The van der Waals surface area contributed by atoms with E-state index in [0.717, 1.165) is 20.9 Å². The Hall–Kier alpha value is -0.830. The highest BCUT2D eigenvalue weighted by Gasteiger charge is 2.33. The van der Waals surface area contributed by atoms with Crippen molar-refractivity contribution in [2.45, 2.75) is 23.0 Å². The monoisotopic (exact) mass is 564 g/mol. The third-order valence-corrected chi connectivity index (χ3v) is 9.58. The number of piperidine rings is 1. The van der Waals surface area contributed by atoms with Gasteiger partial charge in [0.25, 0.3) is 0 Å². The highest BCUT2D eigenvalue weighted by atomic mass is 79.9. The Kier molecular flexibility index (Phi) is 6.68. The fourth-order valence-electron chi connectivity index (χ4n) is 3.49. The van der Waals surface area contributed by atoms with Crippen LogP contribution in [0, 0.1) is 0 Å². The summed E-state index contributed by atoms with van der Waals surface area (Å²) in [6.45, 7) is 1.22. The van der Waals surface area contributed by atoms with E-state index in [2.05, 4.69) is 20.8 Å². The summed E-state index contributed by atoms with van der Waals surface area (Å²) < 4.78 is 26.9. The first kappa shape index (κ1) is 22.4. The van der Waals surface area contributed by atoms with Crippen molar-refractivity contribution in [3.63, 3.8) is 0 Å². The van der Waals surface area contributed by atoms with E-state index in [1.165, 1.54) is 11.3 Å². The van der Waals surface area contributed by atoms with Crippen LogP contribution in [0.4, 0.5) is 5.13 Å². The largest absolute Gasteiger partial charge is 0.348 e. The van der Waals surface area contributed by atoms with Gasteiger partial charge in [-0.3, -0.25) is 0 Å². The van der Waals surface area contributed by atoms with E-state index in [0.29, 0.717) is 36.0 Å². The molecule has 0 amide bonds. The van der Waals surface area contributed by atoms with Crippen LogP contribution in [-0.4, -0.2) is 31.7 Å². The number of sulfone groups is 1. The average molecular weight is 567 g/mol. The van der Waals surface area contributed by atoms with Crippen LogP contribution in [0.5, 0.6) is 0 Å². The summed E-state index contributed by atoms with van der Waals surface area (Å²) in [5.41, 5.74) is 1.66. The third-order valence-electron chi connectivity index (χ3n) is 5.00. The molecular weight excluding hydrogens is 551 g/mol. The summed E-state index contributed by atoms with van der Waals surface area (Å²) in [7, 11) is -3.49. The lowest BCUT2D eigenvalue weighted by Crippen LogP contribution is -2.39. The molecule has 0 aliphatic carbocycles. The minimum Gasteiger partial charge on any atom is -0.348 e. The van der Waals surface area contributed by atoms with E-state index in [4.69, 9.17) is 39.8 Å². The van der Waals surface area contributed by atoms with Gasteiger partial charge in [0.05, 0.1) is 20.9 Å². The molecule has 1 aromatic heterocycles. The zero-order valence-electron chi connectivity index (χ0n) is 15.5. The summed E-state index contributed by atoms with van der Waals surface area (Å²) in [6.07, 6.45) is 1.04. The first-order valence-electron chi connectivity index (χ1n) is 9.10. The maximum atomic E-state index is 13.1. The highest BCUT2D eigenvalue weighted by molar-refractivity contribution is 9.10. The minimum atomic E-state index is -3.49. The Balaban J connectivity index is 1.48. The number of halogens is 4. The number of anilines is 1. The molecule has 4 nitrogen and oxygen atoms in total. The van der Waals surface area contributed by atoms with Crippen LogP contribution in [0.2, 0.25) is 15.1 Å². The number of benzene rings is 2. The smallest absolute Gasteiger partial charge is 0.185 e. The highest BCUT2D eigenvalue weighted by Crippen LogP contribution is 2.35. The Morgan fingerprint density at radius 2 is 1.70 bits per heavy atom. The van der Waals surface area contributed by atoms with Crippen LogP contribution in [0.25, 0.3) is 11.3 Å². The molecule has 1 aliphatic rings. The van der Waals surface area contributed by atoms with Gasteiger partial charge in [0.1, 0.15) is 0 Å². The molecule has 1 saturated heterocycles. The van der Waals surface area contributed by atoms with Crippen molar-refractivity contribution in [3.8, 4) is 11.3 Å². The Bertz CT molecular complexity index is 1170. The first-order chi connectivity index (χ1) is 14.2. The zero-order valence-corrected chi connectivity index (χ0v) is 21.0. The van der Waals surface area contributed by atoms with Crippen molar-refractivity contribution in [2.75, 3.05) is 18.0 Å². The molecule has 0 saturated carbocycles. The molecular formula is C20H16BrCl3N2O2S2. The predicted octanol–water partition coefficient (Wildman–Crippen LogP) is 6.98. The lowest BCUT2D eigenvalue weighted by atomic mass is 10.1. The SMILES string of the molecule is O=S(=O)(c1ccc(Br)cc1Cl)C1CCN(c2nc(-c3cc(Cl)cc(Cl)c3)cs2)CC1. The summed E-state index contributed by atoms with van der Waals surface area (Å²) >= 11 is 23.2. The molecule has 2 aromatic carbocycles. The van der Waals surface area contributed by atoms with Crippen molar-refractivity contribution in [2.24, 2.45) is 0 Å². The van der Waals surface area contributed by atoms with Gasteiger partial charge in [0.2, 0.25) is 0 Å². The quantitative estimate of drug-likeness (QED) is 0.342. The van der Waals surface area contributed by atoms with Gasteiger partial charge in [-0.05, 0) is 49.2 Å². The van der Waals surface area contributed by atoms with Gasteiger partial charge in [-0.2, -0.15) is 0 Å². The molecule has 0 atom stereocenters. The number of hydrogen-bond donors (Lipinski definition) is 0. The topological polar surface area (TPSA) is 50.3 Å². The molecule has 3 aromatic rings. The third kappa shape index (κ3) is 4.66. The number of rotatable bonds is 4. The van der Waals surface area contributed by atoms with E-state index in [-0.39, 0.29) is 9.92 Å². The standard InChI is InChI=1S/C20H16BrCl3N2O2S2/c21-13-1-2-19(17(24)9-13)30(27,28)16-3-5-26(6-4-16)20-25-18(11-29-20)12-7-14(22)10-15(23)8-12/h1-2,7-11,16H,3-6H2. The van der Waals surface area contributed by atoms with Crippen LogP contribution in [0.3, 0.4) is 0 Å². The molecule has 1 fully saturated rings. The second-order valence-electron chi connectivity index (χ2n) is 6.98. The first-order valence-corrected chi connectivity index (χ1v) is 13.5. The molecule has 4 rings (SSSR count). The molecule has 158 valence electrons. The van der Waals surface area contributed by atoms with E-state index >= 15 is 0 Å². The molecule has 2 heterocycles. The fourth-order valence-corrected chi connectivity index (χ4v) is 7.68. The van der Waals surface area contributed by atoms with Gasteiger partial charge in [-0.15, -0.1) is 11.3 Å². The van der Waals surface area contributed by atoms with Crippen molar-refractivity contribution in [3.05, 3.63) is 61.3 Å². The number of hydrogen-bond acceptors (Lipinski definition) is 5. The van der Waals surface area contributed by atoms with Gasteiger partial charge in [-0.25, -0.2) is 13.4 Å². The van der Waals surface area contributed by atoms with Crippen LogP contribution >= 0.6 is 62.1 Å². The second kappa shape index (κ2) is 8.96. The van der Waals surface area contributed by atoms with Gasteiger partial charge in [0.15, 0.2) is 15.0 Å². The Morgan fingerprint density at radius 1 is 1.03 bits per heavy atom. The zero-order chi connectivity index (χ0) is 21.5. The summed E-state index contributed by atoms with van der Waals surface area (Å²) in [4.78, 5) is 7.02. The van der Waals surface area contributed by atoms with Gasteiger partial charge >= 0.3 is 0 Å². The maximum absolute atomic E-state index is 13.1. The second-order valence-corrected chi connectivity index (χ2v) is 12.2. The Morgan fingerprint density at radius 3 is 2.33 bits per heavy atom. The number of nitrogens with zero attached hydrogens (tertiary/aromatic N) is 2. The van der Waals surface area contributed by atoms with Crippen molar-refractivity contribution in [1.29, 1.82) is 0 Å². The van der Waals surface area contributed by atoms with E-state index in [1.807, 2.05) is 17.5 Å². The summed E-state index contributed by atoms with van der Waals surface area (Å²) in [6, 6.07) is 10.2. The molecule has 1 aliphatic heterocycles. The van der Waals surface area contributed by atoms with Crippen LogP contribution < -0.4 is 4.90 Å². The number of aromatic nitrogens is 1.